The number of anilines is 2. The van der Waals surface area contributed by atoms with Crippen molar-refractivity contribution in [1.29, 1.82) is 0 Å². The lowest BCUT2D eigenvalue weighted by Crippen LogP contribution is -2.29. The van der Waals surface area contributed by atoms with Crippen LogP contribution in [0.1, 0.15) is 5.56 Å². The van der Waals surface area contributed by atoms with Gasteiger partial charge in [0, 0.05) is 0 Å². The van der Waals surface area contributed by atoms with Crippen LogP contribution in [-0.2, 0) is 21.3 Å². The number of pyridine rings is 1. The van der Waals surface area contributed by atoms with Crippen LogP contribution in [0.4, 0.5) is 15.8 Å². The largest absolute Gasteiger partial charge is 0.491 e. The molecule has 114 valence electrons. The second kappa shape index (κ2) is 5.23. The van der Waals surface area contributed by atoms with E-state index in [9.17, 15) is 17.8 Å². The summed E-state index contributed by atoms with van der Waals surface area (Å²) in [6, 6.07) is 4.91. The highest BCUT2D eigenvalue weighted by Gasteiger charge is 2.29. The third-order valence-corrected chi connectivity index (χ3v) is 4.45. The van der Waals surface area contributed by atoms with Crippen LogP contribution in [0.2, 0.25) is 0 Å². The van der Waals surface area contributed by atoms with E-state index in [4.69, 9.17) is 10.4 Å². The van der Waals surface area contributed by atoms with E-state index < -0.39 is 23.0 Å². The molecule has 0 bridgehead atoms. The molecule has 0 amide bonds. The molecule has 0 aliphatic carbocycles. The van der Waals surface area contributed by atoms with E-state index in [0.717, 1.165) is 6.07 Å². The predicted molar refractivity (Wildman–Crippen MR) is 78.3 cm³/mol. The van der Waals surface area contributed by atoms with Gasteiger partial charge in [-0.1, -0.05) is 0 Å². The lowest BCUT2D eigenvalue weighted by atomic mass is 9.79. The first kappa shape index (κ1) is 14.8. The molecule has 1 aromatic heterocycles. The van der Waals surface area contributed by atoms with Crippen LogP contribution in [0, 0.1) is 5.82 Å². The average molecular weight is 323 g/mol. The minimum absolute atomic E-state index is 0.0694. The number of fused-ring (bicyclic) bond motifs is 1. The molecule has 0 atom stereocenters. The maximum absolute atomic E-state index is 14.0. The second-order valence-electron chi connectivity index (χ2n) is 4.73. The maximum atomic E-state index is 14.0. The minimum Gasteiger partial charge on any atom is -0.423 e. The zero-order valence-electron chi connectivity index (χ0n) is 11.2. The van der Waals surface area contributed by atoms with Gasteiger partial charge in [-0.3, -0.25) is 4.72 Å². The van der Waals surface area contributed by atoms with Crippen molar-refractivity contribution in [3.8, 4) is 0 Å². The Morgan fingerprint density at radius 3 is 2.86 bits per heavy atom. The van der Waals surface area contributed by atoms with Gasteiger partial charge in [0.25, 0.3) is 10.0 Å². The Morgan fingerprint density at radius 2 is 2.18 bits per heavy atom. The van der Waals surface area contributed by atoms with Crippen LogP contribution in [0.25, 0.3) is 0 Å². The van der Waals surface area contributed by atoms with E-state index in [1.165, 1.54) is 24.4 Å². The summed E-state index contributed by atoms with van der Waals surface area (Å²) in [5, 5.41) is 9.30. The molecule has 3 rings (SSSR count). The molecule has 7 nitrogen and oxygen atoms in total. The molecule has 10 heteroatoms. The molecule has 0 saturated carbocycles. The number of rotatable bonds is 3. The third kappa shape index (κ3) is 2.63. The highest BCUT2D eigenvalue weighted by molar-refractivity contribution is 7.92. The number of nitrogens with zero attached hydrogens (tertiary/aromatic N) is 1. The zero-order chi connectivity index (χ0) is 15.9. The summed E-state index contributed by atoms with van der Waals surface area (Å²) >= 11 is 0. The summed E-state index contributed by atoms with van der Waals surface area (Å²) in [5.74, 6) is -0.768. The van der Waals surface area contributed by atoms with E-state index in [-0.39, 0.29) is 17.3 Å². The molecule has 0 radical (unpaired) electrons. The number of nitrogen functional groups attached to an aromatic ring is 1. The van der Waals surface area contributed by atoms with Crippen LogP contribution >= 0.6 is 0 Å². The van der Waals surface area contributed by atoms with Crippen molar-refractivity contribution in [2.24, 2.45) is 0 Å². The lowest BCUT2D eigenvalue weighted by molar-refractivity contribution is 0.275. The number of benzene rings is 1. The normalized spacial score (nSPS) is 14.0. The molecule has 0 unspecified atom stereocenters. The fourth-order valence-electron chi connectivity index (χ4n) is 2.07. The smallest absolute Gasteiger partial charge is 0.423 e. The molecule has 1 aliphatic heterocycles. The molecule has 1 aromatic carbocycles. The van der Waals surface area contributed by atoms with Crippen molar-refractivity contribution < 1.29 is 22.5 Å². The van der Waals surface area contributed by atoms with Gasteiger partial charge in [-0.25, -0.2) is 9.37 Å². The molecular weight excluding hydrogens is 312 g/mol. The van der Waals surface area contributed by atoms with Crippen LogP contribution in [0.3, 0.4) is 0 Å². The first-order chi connectivity index (χ1) is 10.4. The van der Waals surface area contributed by atoms with Crippen molar-refractivity contribution >= 4 is 34.0 Å². The van der Waals surface area contributed by atoms with Crippen LogP contribution in [-0.4, -0.2) is 25.5 Å². The monoisotopic (exact) mass is 323 g/mol. The van der Waals surface area contributed by atoms with Gasteiger partial charge >= 0.3 is 7.12 Å². The first-order valence-corrected chi connectivity index (χ1v) is 7.71. The summed E-state index contributed by atoms with van der Waals surface area (Å²) in [4.78, 5) is 3.69. The molecule has 1 aliphatic rings. The Bertz CT molecular complexity index is 829. The lowest BCUT2D eigenvalue weighted by Gasteiger charge is -2.10. The SMILES string of the molecule is Nc1ccc(S(=O)(=O)Nc2cc3c(cc2F)COB3O)nc1. The summed E-state index contributed by atoms with van der Waals surface area (Å²) in [7, 11) is -5.27. The van der Waals surface area contributed by atoms with Crippen LogP contribution < -0.4 is 15.9 Å². The van der Waals surface area contributed by atoms with Crippen molar-refractivity contribution in [2.45, 2.75) is 11.6 Å². The number of halogens is 1. The molecule has 4 N–H and O–H groups in total. The Morgan fingerprint density at radius 1 is 1.41 bits per heavy atom. The predicted octanol–water partition coefficient (Wildman–Crippen LogP) is -0.179. The zero-order valence-corrected chi connectivity index (χ0v) is 12.0. The van der Waals surface area contributed by atoms with Crippen molar-refractivity contribution in [1.82, 2.24) is 4.98 Å². The summed E-state index contributed by atoms with van der Waals surface area (Å²) in [5.41, 5.74) is 6.26. The number of aromatic nitrogens is 1. The second-order valence-corrected chi connectivity index (χ2v) is 6.36. The molecule has 22 heavy (non-hydrogen) atoms. The van der Waals surface area contributed by atoms with E-state index in [2.05, 4.69) is 9.71 Å². The number of nitrogens with one attached hydrogen (secondary N) is 1. The number of sulfonamides is 1. The molecular formula is C12H11BFN3O4S. The number of hydrogen-bond donors (Lipinski definition) is 3. The fourth-order valence-corrected chi connectivity index (χ4v) is 3.06. The van der Waals surface area contributed by atoms with Gasteiger partial charge in [-0.2, -0.15) is 8.42 Å². The molecule has 0 saturated heterocycles. The van der Waals surface area contributed by atoms with Gasteiger partial charge in [0.05, 0.1) is 24.2 Å². The van der Waals surface area contributed by atoms with Gasteiger partial charge in [-0.15, -0.1) is 0 Å². The Labute approximate surface area is 126 Å². The Balaban J connectivity index is 1.96. The van der Waals surface area contributed by atoms with Crippen molar-refractivity contribution in [3.05, 3.63) is 41.8 Å². The minimum atomic E-state index is -4.07. The molecule has 0 fully saturated rings. The topological polar surface area (TPSA) is 115 Å². The average Bonchev–Trinajstić information content (AvgIpc) is 2.80. The van der Waals surface area contributed by atoms with Crippen molar-refractivity contribution in [3.63, 3.8) is 0 Å². The maximum Gasteiger partial charge on any atom is 0.491 e. The highest BCUT2D eigenvalue weighted by Crippen LogP contribution is 2.21. The highest BCUT2D eigenvalue weighted by atomic mass is 32.2. The van der Waals surface area contributed by atoms with Gasteiger partial charge in [0.15, 0.2) is 5.03 Å². The first-order valence-electron chi connectivity index (χ1n) is 6.23. The van der Waals surface area contributed by atoms with Crippen LogP contribution in [0.15, 0.2) is 35.5 Å². The number of hydrogen-bond acceptors (Lipinski definition) is 6. The van der Waals surface area contributed by atoms with E-state index in [0.29, 0.717) is 16.7 Å². The van der Waals surface area contributed by atoms with E-state index in [1.807, 2.05) is 0 Å². The summed E-state index contributed by atoms with van der Waals surface area (Å²) in [6.45, 7) is 0.0694. The van der Waals surface area contributed by atoms with E-state index in [1.54, 1.807) is 0 Å². The van der Waals surface area contributed by atoms with Gasteiger partial charge in [0.2, 0.25) is 0 Å². The van der Waals surface area contributed by atoms with Crippen molar-refractivity contribution in [2.75, 3.05) is 10.5 Å². The quantitative estimate of drug-likeness (QED) is 0.675. The van der Waals surface area contributed by atoms with E-state index >= 15 is 0 Å². The van der Waals surface area contributed by atoms with Gasteiger partial charge in [0.1, 0.15) is 5.82 Å². The molecule has 2 aromatic rings. The number of nitrogens with two attached hydrogens (primary N) is 1. The summed E-state index contributed by atoms with van der Waals surface area (Å²) < 4.78 is 45.4. The van der Waals surface area contributed by atoms with Crippen LogP contribution in [0.5, 0.6) is 0 Å². The van der Waals surface area contributed by atoms with Gasteiger partial charge in [-0.05, 0) is 35.3 Å². The Hall–Kier alpha value is -2.17. The molecule has 0 spiro atoms. The van der Waals surface area contributed by atoms with Gasteiger partial charge < -0.3 is 15.4 Å². The standard InChI is InChI=1S/C12H11BFN3O4S/c14-10-3-7-6-21-13(18)9(7)4-11(10)17-22(19,20)12-2-1-8(15)5-16-12/h1-5,17-18H,6,15H2. The fraction of sp³-hybridized carbons (Fsp3) is 0.0833. The summed E-state index contributed by atoms with van der Waals surface area (Å²) in [6.07, 6.45) is 1.19. The third-order valence-electron chi connectivity index (χ3n) is 3.17. The molecule has 2 heterocycles. The Kier molecular flexibility index (Phi) is 3.51.